The molecule has 0 unspecified atom stereocenters. The molecule has 258 valence electrons. The Labute approximate surface area is 321 Å². The molecule has 0 radical (unpaired) electrons. The van der Waals surface area contributed by atoms with Crippen molar-refractivity contribution in [1.82, 2.24) is 23.5 Å². The third kappa shape index (κ3) is 3.51. The van der Waals surface area contributed by atoms with Crippen LogP contribution in [0.2, 0.25) is 0 Å². The van der Waals surface area contributed by atoms with Crippen molar-refractivity contribution in [3.05, 3.63) is 164 Å². The fourth-order valence-electron chi connectivity index (χ4n) is 9.86. The number of aromatic nitrogens is 5. The molecule has 14 aromatic rings. The normalized spacial score (nSPS) is 12.6. The van der Waals surface area contributed by atoms with Crippen LogP contribution in [-0.4, -0.2) is 23.5 Å². The van der Waals surface area contributed by atoms with Gasteiger partial charge in [0.1, 0.15) is 0 Å². The van der Waals surface area contributed by atoms with Crippen LogP contribution < -0.4 is 0 Å². The van der Waals surface area contributed by atoms with Gasteiger partial charge in [0.15, 0.2) is 5.82 Å². The summed E-state index contributed by atoms with van der Waals surface area (Å²) in [6, 6.07) is 59.6. The van der Waals surface area contributed by atoms with Gasteiger partial charge in [0, 0.05) is 53.2 Å². The zero-order valence-corrected chi connectivity index (χ0v) is 30.5. The molecule has 5 nitrogen and oxygen atoms in total. The number of benzene rings is 8. The summed E-state index contributed by atoms with van der Waals surface area (Å²) in [6.07, 6.45) is 0. The summed E-state index contributed by atoms with van der Waals surface area (Å²) in [7, 11) is 0. The SMILES string of the molecule is c1ccc2cc3c(cc2c1)c1cc2c4ccccc4n(-c4nc(-n5c6ccccc6c6ccccc65)nc5c4sc4ccccc45)c2c2c4ccccc4n3c12. The average molecular weight is 730 g/mol. The molecule has 0 bridgehead atoms. The second kappa shape index (κ2) is 10.3. The van der Waals surface area contributed by atoms with E-state index in [4.69, 9.17) is 9.97 Å². The predicted octanol–water partition coefficient (Wildman–Crippen LogP) is 13.3. The number of thiophene rings is 1. The Hall–Kier alpha value is -7.28. The van der Waals surface area contributed by atoms with Crippen molar-refractivity contribution in [2.24, 2.45) is 0 Å². The second-order valence-corrected chi connectivity index (χ2v) is 16.0. The highest BCUT2D eigenvalue weighted by Gasteiger charge is 2.27. The van der Waals surface area contributed by atoms with Crippen molar-refractivity contribution in [1.29, 1.82) is 0 Å². The van der Waals surface area contributed by atoms with Crippen LogP contribution in [0, 0.1) is 0 Å². The number of rotatable bonds is 2. The highest BCUT2D eigenvalue weighted by Crippen LogP contribution is 2.48. The van der Waals surface area contributed by atoms with E-state index in [1.54, 1.807) is 11.3 Å². The molecule has 0 fully saturated rings. The lowest BCUT2D eigenvalue weighted by atomic mass is 10.0. The number of nitrogens with zero attached hydrogens (tertiary/aromatic N) is 5. The first-order valence-electron chi connectivity index (χ1n) is 19.0. The van der Waals surface area contributed by atoms with Crippen molar-refractivity contribution in [2.75, 3.05) is 0 Å². The monoisotopic (exact) mass is 729 g/mol. The third-order valence-electron chi connectivity index (χ3n) is 12.1. The van der Waals surface area contributed by atoms with Gasteiger partial charge in [0.25, 0.3) is 0 Å². The van der Waals surface area contributed by atoms with Gasteiger partial charge in [-0.25, -0.2) is 4.98 Å². The maximum atomic E-state index is 5.71. The highest BCUT2D eigenvalue weighted by atomic mass is 32.1. The number of hydrogen-bond acceptors (Lipinski definition) is 3. The van der Waals surface area contributed by atoms with Crippen molar-refractivity contribution in [3.8, 4) is 11.8 Å². The summed E-state index contributed by atoms with van der Waals surface area (Å²) in [6.45, 7) is 0. The lowest BCUT2D eigenvalue weighted by Gasteiger charge is -2.13. The minimum atomic E-state index is 0.665. The molecular weight excluding hydrogens is 703 g/mol. The summed E-state index contributed by atoms with van der Waals surface area (Å²) >= 11 is 1.78. The van der Waals surface area contributed by atoms with E-state index in [0.717, 1.165) is 38.0 Å². The van der Waals surface area contributed by atoms with Crippen LogP contribution in [0.5, 0.6) is 0 Å². The molecule has 14 rings (SSSR count). The van der Waals surface area contributed by atoms with Crippen molar-refractivity contribution < 1.29 is 0 Å². The van der Waals surface area contributed by atoms with Gasteiger partial charge in [-0.05, 0) is 59.3 Å². The van der Waals surface area contributed by atoms with E-state index in [0.29, 0.717) is 5.95 Å². The molecule has 0 aliphatic rings. The quantitative estimate of drug-likeness (QED) is 0.178. The Balaban J connectivity index is 1.22. The zero-order valence-electron chi connectivity index (χ0n) is 29.7. The highest BCUT2D eigenvalue weighted by molar-refractivity contribution is 7.26. The van der Waals surface area contributed by atoms with Crippen molar-refractivity contribution >= 4 is 124 Å². The van der Waals surface area contributed by atoms with Gasteiger partial charge in [0.05, 0.1) is 48.8 Å². The topological polar surface area (TPSA) is 40.0 Å². The van der Waals surface area contributed by atoms with Crippen LogP contribution in [0.3, 0.4) is 0 Å². The molecule has 6 heteroatoms. The van der Waals surface area contributed by atoms with Crippen LogP contribution in [0.4, 0.5) is 0 Å². The fraction of sp³-hybridized carbons (Fsp3) is 0. The first kappa shape index (κ1) is 29.1. The van der Waals surface area contributed by atoms with E-state index in [1.807, 2.05) is 0 Å². The Morgan fingerprint density at radius 1 is 0.393 bits per heavy atom. The molecular formula is C50H27N5S. The smallest absolute Gasteiger partial charge is 0.237 e. The zero-order chi connectivity index (χ0) is 36.2. The van der Waals surface area contributed by atoms with E-state index in [-0.39, 0.29) is 0 Å². The number of hydrogen-bond donors (Lipinski definition) is 0. The molecule has 56 heavy (non-hydrogen) atoms. The minimum Gasteiger partial charge on any atom is -0.308 e. The predicted molar refractivity (Wildman–Crippen MR) is 236 cm³/mol. The van der Waals surface area contributed by atoms with Gasteiger partial charge in [0.2, 0.25) is 5.95 Å². The van der Waals surface area contributed by atoms with Gasteiger partial charge >= 0.3 is 0 Å². The molecule has 0 aliphatic heterocycles. The molecule has 0 N–H and O–H groups in total. The van der Waals surface area contributed by atoms with Crippen molar-refractivity contribution in [3.63, 3.8) is 0 Å². The standard InChI is InChI=1S/C50H27N5S/c1-2-14-29-26-42-35(25-28(29)13-1)37-27-36-32-17-5-10-22-40(32)55(47(36)44-33-18-6-11-23-41(33)53(42)46(37)44)49-48-45(34-19-7-12-24-43(34)56-48)51-50(52-49)54-38-20-8-3-15-30(38)31-16-4-9-21-39(31)54/h1-27H. The maximum Gasteiger partial charge on any atom is 0.237 e. The van der Waals surface area contributed by atoms with Crippen LogP contribution in [-0.2, 0) is 0 Å². The first-order chi connectivity index (χ1) is 27.8. The minimum absolute atomic E-state index is 0.665. The molecule has 0 aliphatic carbocycles. The summed E-state index contributed by atoms with van der Waals surface area (Å²) in [4.78, 5) is 11.2. The van der Waals surface area contributed by atoms with Gasteiger partial charge in [-0.3, -0.25) is 9.13 Å². The second-order valence-electron chi connectivity index (χ2n) is 15.0. The summed E-state index contributed by atoms with van der Waals surface area (Å²) < 4.78 is 9.48. The molecule has 0 saturated heterocycles. The van der Waals surface area contributed by atoms with Gasteiger partial charge < -0.3 is 4.40 Å². The Bertz CT molecular complexity index is 3960. The number of fused-ring (bicyclic) bond motifs is 17. The van der Waals surface area contributed by atoms with E-state index >= 15 is 0 Å². The average Bonchev–Trinajstić information content (AvgIpc) is 4.04. The van der Waals surface area contributed by atoms with Gasteiger partial charge in [-0.15, -0.1) is 11.3 Å². The lowest BCUT2D eigenvalue weighted by Crippen LogP contribution is -2.06. The Morgan fingerprint density at radius 3 is 1.68 bits per heavy atom. The molecule has 6 heterocycles. The molecule has 0 spiro atoms. The molecule has 6 aromatic heterocycles. The Kier molecular flexibility index (Phi) is 5.34. The van der Waals surface area contributed by atoms with Crippen molar-refractivity contribution in [2.45, 2.75) is 0 Å². The summed E-state index contributed by atoms with van der Waals surface area (Å²) in [5, 5.41) is 13.5. The van der Waals surface area contributed by atoms with Gasteiger partial charge in [-0.2, -0.15) is 4.98 Å². The lowest BCUT2D eigenvalue weighted by molar-refractivity contribution is 0.977. The molecule has 0 amide bonds. The molecule has 8 aromatic carbocycles. The van der Waals surface area contributed by atoms with E-state index in [2.05, 4.69) is 177 Å². The summed E-state index contributed by atoms with van der Waals surface area (Å²) in [5.41, 5.74) is 9.14. The van der Waals surface area contributed by atoms with Crippen LogP contribution in [0.15, 0.2) is 164 Å². The molecule has 0 atom stereocenters. The van der Waals surface area contributed by atoms with E-state index in [1.165, 1.54) is 80.6 Å². The van der Waals surface area contributed by atoms with Crippen LogP contribution in [0.1, 0.15) is 0 Å². The van der Waals surface area contributed by atoms with Crippen LogP contribution >= 0.6 is 11.3 Å². The first-order valence-corrected chi connectivity index (χ1v) is 19.8. The number of para-hydroxylation sites is 4. The third-order valence-corrected chi connectivity index (χ3v) is 13.3. The Morgan fingerprint density at radius 2 is 0.946 bits per heavy atom. The van der Waals surface area contributed by atoms with Gasteiger partial charge in [-0.1, -0.05) is 115 Å². The van der Waals surface area contributed by atoms with E-state index < -0.39 is 0 Å². The maximum absolute atomic E-state index is 5.71. The largest absolute Gasteiger partial charge is 0.308 e. The van der Waals surface area contributed by atoms with E-state index in [9.17, 15) is 0 Å². The molecule has 0 saturated carbocycles. The fourth-order valence-corrected chi connectivity index (χ4v) is 11.0. The summed E-state index contributed by atoms with van der Waals surface area (Å²) in [5.74, 6) is 1.56. The van der Waals surface area contributed by atoms with Crippen LogP contribution in [0.25, 0.3) is 125 Å².